The van der Waals surface area contributed by atoms with Crippen molar-refractivity contribution in [1.82, 2.24) is 0 Å². The summed E-state index contributed by atoms with van der Waals surface area (Å²) in [7, 11) is 0. The van der Waals surface area contributed by atoms with Crippen molar-refractivity contribution in [3.05, 3.63) is 28.3 Å². The molecule has 0 aromatic heterocycles. The monoisotopic (exact) mass is 277 g/mol. The first kappa shape index (κ1) is 14.6. The highest BCUT2D eigenvalue weighted by Crippen LogP contribution is 2.39. The summed E-state index contributed by atoms with van der Waals surface area (Å²) in [6, 6.07) is 5.04. The summed E-state index contributed by atoms with van der Waals surface area (Å²) in [5.74, 6) is 0. The van der Waals surface area contributed by atoms with Crippen molar-refractivity contribution in [2.75, 3.05) is 23.7 Å². The van der Waals surface area contributed by atoms with Crippen LogP contribution >= 0.6 is 0 Å². The number of nitrogen functional groups attached to an aromatic ring is 1. The topological polar surface area (TPSA) is 72.4 Å². The number of rotatable bonds is 4. The Morgan fingerprint density at radius 2 is 1.90 bits per heavy atom. The number of benzene rings is 1. The molecule has 1 aromatic rings. The van der Waals surface area contributed by atoms with E-state index in [-0.39, 0.29) is 11.4 Å². The van der Waals surface area contributed by atoms with Gasteiger partial charge in [-0.2, -0.15) is 0 Å². The Morgan fingerprint density at radius 1 is 1.30 bits per heavy atom. The highest BCUT2D eigenvalue weighted by molar-refractivity contribution is 5.66. The molecule has 1 aliphatic heterocycles. The van der Waals surface area contributed by atoms with Crippen molar-refractivity contribution < 1.29 is 4.92 Å². The third-order valence-corrected chi connectivity index (χ3v) is 4.90. The summed E-state index contributed by atoms with van der Waals surface area (Å²) >= 11 is 0. The molecular formula is C15H23N3O2. The molecule has 5 nitrogen and oxygen atoms in total. The maximum Gasteiger partial charge on any atom is 0.292 e. The van der Waals surface area contributed by atoms with Gasteiger partial charge in [0, 0.05) is 24.8 Å². The molecule has 2 N–H and O–H groups in total. The second kappa shape index (κ2) is 5.69. The molecule has 2 rings (SSSR count). The predicted octanol–water partition coefficient (Wildman–Crippen LogP) is 3.58. The summed E-state index contributed by atoms with van der Waals surface area (Å²) in [5, 5.41) is 10.8. The molecule has 1 fully saturated rings. The van der Waals surface area contributed by atoms with Crippen molar-refractivity contribution in [3.8, 4) is 0 Å². The molecular weight excluding hydrogens is 254 g/mol. The van der Waals surface area contributed by atoms with Crippen LogP contribution in [0, 0.1) is 15.5 Å². The van der Waals surface area contributed by atoms with E-state index < -0.39 is 4.92 Å². The van der Waals surface area contributed by atoms with Crippen molar-refractivity contribution in [3.63, 3.8) is 0 Å². The lowest BCUT2D eigenvalue weighted by atomic mass is 9.74. The van der Waals surface area contributed by atoms with Crippen LogP contribution in [0.4, 0.5) is 17.1 Å². The third kappa shape index (κ3) is 2.71. The van der Waals surface area contributed by atoms with Crippen LogP contribution in [-0.2, 0) is 0 Å². The van der Waals surface area contributed by atoms with E-state index in [1.54, 1.807) is 12.1 Å². The molecule has 0 spiro atoms. The Balaban J connectivity index is 2.11. The largest absolute Gasteiger partial charge is 0.393 e. The standard InChI is InChI=1S/C15H23N3O2/c1-3-15(4-2)7-9-17(10-8-15)12-5-6-14(18(19)20)13(16)11-12/h5-6,11H,3-4,7-10,16H2,1-2H3. The summed E-state index contributed by atoms with van der Waals surface area (Å²) in [6.07, 6.45) is 4.80. The first-order valence-corrected chi connectivity index (χ1v) is 7.30. The Kier molecular flexibility index (Phi) is 4.16. The third-order valence-electron chi connectivity index (χ3n) is 4.90. The molecule has 110 valence electrons. The number of nitrogens with zero attached hydrogens (tertiary/aromatic N) is 2. The smallest absolute Gasteiger partial charge is 0.292 e. The first-order chi connectivity index (χ1) is 9.51. The van der Waals surface area contributed by atoms with Crippen LogP contribution in [0.15, 0.2) is 18.2 Å². The summed E-state index contributed by atoms with van der Waals surface area (Å²) < 4.78 is 0. The number of hydrogen-bond donors (Lipinski definition) is 1. The molecule has 1 aliphatic rings. The van der Waals surface area contributed by atoms with Crippen LogP contribution in [-0.4, -0.2) is 18.0 Å². The first-order valence-electron chi connectivity index (χ1n) is 7.30. The van der Waals surface area contributed by atoms with Gasteiger partial charge in [0.15, 0.2) is 0 Å². The van der Waals surface area contributed by atoms with Crippen LogP contribution < -0.4 is 10.6 Å². The lowest BCUT2D eigenvalue weighted by Gasteiger charge is -2.42. The quantitative estimate of drug-likeness (QED) is 0.518. The van der Waals surface area contributed by atoms with Gasteiger partial charge >= 0.3 is 0 Å². The van der Waals surface area contributed by atoms with E-state index in [0.717, 1.165) is 18.8 Å². The van der Waals surface area contributed by atoms with Gasteiger partial charge in [-0.15, -0.1) is 0 Å². The molecule has 0 unspecified atom stereocenters. The molecule has 0 amide bonds. The molecule has 0 radical (unpaired) electrons. The van der Waals surface area contributed by atoms with Crippen LogP contribution in [0.25, 0.3) is 0 Å². The molecule has 20 heavy (non-hydrogen) atoms. The van der Waals surface area contributed by atoms with E-state index in [1.807, 2.05) is 0 Å². The second-order valence-corrected chi connectivity index (χ2v) is 5.69. The number of nitro benzene ring substituents is 1. The van der Waals surface area contributed by atoms with Crippen molar-refractivity contribution in [2.45, 2.75) is 39.5 Å². The highest BCUT2D eigenvalue weighted by atomic mass is 16.6. The van der Waals surface area contributed by atoms with Crippen molar-refractivity contribution in [2.24, 2.45) is 5.41 Å². The summed E-state index contributed by atoms with van der Waals surface area (Å²) in [6.45, 7) is 6.53. The van der Waals surface area contributed by atoms with Crippen LogP contribution in [0.2, 0.25) is 0 Å². The minimum Gasteiger partial charge on any atom is -0.393 e. The predicted molar refractivity (Wildman–Crippen MR) is 82.0 cm³/mol. The molecule has 0 saturated carbocycles. The molecule has 1 heterocycles. The van der Waals surface area contributed by atoms with Gasteiger partial charge < -0.3 is 10.6 Å². The van der Waals surface area contributed by atoms with E-state index in [4.69, 9.17) is 5.73 Å². The Morgan fingerprint density at radius 3 is 2.35 bits per heavy atom. The van der Waals surface area contributed by atoms with E-state index >= 15 is 0 Å². The maximum atomic E-state index is 10.8. The van der Waals surface area contributed by atoms with Gasteiger partial charge in [0.25, 0.3) is 5.69 Å². The molecule has 5 heteroatoms. The SMILES string of the molecule is CCC1(CC)CCN(c2ccc([N+](=O)[O-])c(N)c2)CC1. The van der Waals surface area contributed by atoms with Gasteiger partial charge in [-0.05, 0) is 30.4 Å². The lowest BCUT2D eigenvalue weighted by Crippen LogP contribution is -2.39. The molecule has 1 saturated heterocycles. The number of nitrogens with two attached hydrogens (primary N) is 1. The fourth-order valence-corrected chi connectivity index (χ4v) is 3.10. The van der Waals surface area contributed by atoms with Crippen LogP contribution in [0.5, 0.6) is 0 Å². The summed E-state index contributed by atoms with van der Waals surface area (Å²) in [5.41, 5.74) is 7.47. The summed E-state index contributed by atoms with van der Waals surface area (Å²) in [4.78, 5) is 12.6. The Bertz CT molecular complexity index is 488. The number of nitro groups is 1. The van der Waals surface area contributed by atoms with Crippen LogP contribution in [0.3, 0.4) is 0 Å². The highest BCUT2D eigenvalue weighted by Gasteiger charge is 2.31. The van der Waals surface area contributed by atoms with Gasteiger partial charge in [-0.25, -0.2) is 0 Å². The molecule has 0 bridgehead atoms. The van der Waals surface area contributed by atoms with Gasteiger partial charge in [-0.3, -0.25) is 10.1 Å². The van der Waals surface area contributed by atoms with E-state index in [2.05, 4.69) is 18.7 Å². The molecule has 0 atom stereocenters. The average Bonchev–Trinajstić information content (AvgIpc) is 2.47. The zero-order chi connectivity index (χ0) is 14.8. The van der Waals surface area contributed by atoms with E-state index in [0.29, 0.717) is 5.41 Å². The molecule has 1 aromatic carbocycles. The molecule has 0 aliphatic carbocycles. The van der Waals surface area contributed by atoms with Gasteiger partial charge in [0.1, 0.15) is 5.69 Å². The minimum atomic E-state index is -0.436. The number of anilines is 2. The lowest BCUT2D eigenvalue weighted by molar-refractivity contribution is -0.383. The van der Waals surface area contributed by atoms with Crippen molar-refractivity contribution >= 4 is 17.1 Å². The zero-order valence-corrected chi connectivity index (χ0v) is 12.3. The van der Waals surface area contributed by atoms with Gasteiger partial charge in [0.2, 0.25) is 0 Å². The number of hydrogen-bond acceptors (Lipinski definition) is 4. The minimum absolute atomic E-state index is 0.0118. The zero-order valence-electron chi connectivity index (χ0n) is 12.3. The van der Waals surface area contributed by atoms with Crippen molar-refractivity contribution in [1.29, 1.82) is 0 Å². The Hall–Kier alpha value is -1.78. The fourth-order valence-electron chi connectivity index (χ4n) is 3.10. The second-order valence-electron chi connectivity index (χ2n) is 5.69. The van der Waals surface area contributed by atoms with E-state index in [9.17, 15) is 10.1 Å². The van der Waals surface area contributed by atoms with Crippen LogP contribution in [0.1, 0.15) is 39.5 Å². The van der Waals surface area contributed by atoms with Gasteiger partial charge in [-0.1, -0.05) is 26.7 Å². The van der Waals surface area contributed by atoms with E-state index in [1.165, 1.54) is 31.7 Å². The maximum absolute atomic E-state index is 10.8. The Labute approximate surface area is 119 Å². The normalized spacial score (nSPS) is 18.0. The van der Waals surface area contributed by atoms with Gasteiger partial charge in [0.05, 0.1) is 4.92 Å². The average molecular weight is 277 g/mol. The number of piperidine rings is 1. The fraction of sp³-hybridized carbons (Fsp3) is 0.600.